The van der Waals surface area contributed by atoms with E-state index in [1.54, 1.807) is 12.1 Å². The maximum atomic E-state index is 12.7. The summed E-state index contributed by atoms with van der Waals surface area (Å²) < 4.78 is 17.7. The SMILES string of the molecule is COc1cc(CC(=O)N2COC(c3sc4ccc(Oc5ccccc5)cc4c3Cl)=N2)ccc1O. The van der Waals surface area contributed by atoms with Crippen LogP contribution >= 0.6 is 22.9 Å². The van der Waals surface area contributed by atoms with Crippen molar-refractivity contribution in [2.75, 3.05) is 13.8 Å². The Kier molecular flexibility index (Phi) is 6.00. The van der Waals surface area contributed by atoms with Gasteiger partial charge < -0.3 is 19.3 Å². The lowest BCUT2D eigenvalue weighted by molar-refractivity contribution is -0.132. The molecule has 172 valence electrons. The van der Waals surface area contributed by atoms with Crippen LogP contribution in [0, 0.1) is 0 Å². The normalized spacial score (nSPS) is 13.0. The van der Waals surface area contributed by atoms with E-state index in [1.807, 2.05) is 48.5 Å². The number of hydrazone groups is 1. The number of fused-ring (bicyclic) bond motifs is 1. The van der Waals surface area contributed by atoms with Gasteiger partial charge in [-0.3, -0.25) is 4.79 Å². The van der Waals surface area contributed by atoms with Gasteiger partial charge in [0.15, 0.2) is 18.2 Å². The van der Waals surface area contributed by atoms with E-state index in [0.717, 1.165) is 15.8 Å². The van der Waals surface area contributed by atoms with Crippen molar-refractivity contribution in [2.24, 2.45) is 5.10 Å². The number of phenols is 1. The minimum atomic E-state index is -0.251. The minimum absolute atomic E-state index is 0.00364. The van der Waals surface area contributed by atoms with Crippen LogP contribution in [-0.2, 0) is 16.0 Å². The largest absolute Gasteiger partial charge is 0.504 e. The fourth-order valence-corrected chi connectivity index (χ4v) is 4.92. The molecular weight excluding hydrogens is 476 g/mol. The molecule has 0 saturated heterocycles. The Balaban J connectivity index is 1.35. The van der Waals surface area contributed by atoms with Gasteiger partial charge in [-0.15, -0.1) is 16.4 Å². The minimum Gasteiger partial charge on any atom is -0.504 e. The lowest BCUT2D eigenvalue weighted by Gasteiger charge is -2.10. The number of phenolic OH excluding ortho intramolecular Hbond substituents is 1. The molecule has 0 spiro atoms. The Bertz CT molecular complexity index is 1400. The molecular formula is C25H19ClN2O5S. The number of ether oxygens (including phenoxy) is 3. The third kappa shape index (κ3) is 4.37. The Morgan fingerprint density at radius 3 is 2.76 bits per heavy atom. The summed E-state index contributed by atoms with van der Waals surface area (Å²) in [5, 5.41) is 16.7. The number of hydrogen-bond donors (Lipinski definition) is 1. The van der Waals surface area contributed by atoms with Gasteiger partial charge in [-0.05, 0) is 48.0 Å². The number of para-hydroxylation sites is 1. The summed E-state index contributed by atoms with van der Waals surface area (Å²) in [6.45, 7) is -0.00364. The van der Waals surface area contributed by atoms with Gasteiger partial charge in [0.05, 0.1) is 18.6 Å². The Morgan fingerprint density at radius 1 is 1.15 bits per heavy atom. The lowest BCUT2D eigenvalue weighted by atomic mass is 10.1. The number of rotatable bonds is 6. The molecule has 0 saturated carbocycles. The van der Waals surface area contributed by atoms with Crippen LogP contribution in [0.15, 0.2) is 71.8 Å². The first kappa shape index (κ1) is 22.1. The number of halogens is 1. The third-order valence-electron chi connectivity index (χ3n) is 5.19. The highest BCUT2D eigenvalue weighted by Crippen LogP contribution is 2.39. The fourth-order valence-electron chi connectivity index (χ4n) is 3.50. The Hall–Kier alpha value is -3.75. The quantitative estimate of drug-likeness (QED) is 0.367. The van der Waals surface area contributed by atoms with Crippen LogP contribution in [0.2, 0.25) is 5.02 Å². The average Bonchev–Trinajstić information content (AvgIpc) is 3.46. The van der Waals surface area contributed by atoms with Gasteiger partial charge in [0, 0.05) is 10.1 Å². The molecule has 0 aliphatic carbocycles. The zero-order valence-electron chi connectivity index (χ0n) is 18.0. The summed E-state index contributed by atoms with van der Waals surface area (Å²) in [6, 6.07) is 20.0. The monoisotopic (exact) mass is 494 g/mol. The molecule has 9 heteroatoms. The van der Waals surface area contributed by atoms with E-state index in [1.165, 1.54) is 29.5 Å². The lowest BCUT2D eigenvalue weighted by Crippen LogP contribution is -2.25. The van der Waals surface area contributed by atoms with Crippen molar-refractivity contribution in [3.05, 3.63) is 82.2 Å². The summed E-state index contributed by atoms with van der Waals surface area (Å²) in [4.78, 5) is 13.4. The summed E-state index contributed by atoms with van der Waals surface area (Å²) in [7, 11) is 1.46. The van der Waals surface area contributed by atoms with E-state index in [-0.39, 0.29) is 24.8 Å². The van der Waals surface area contributed by atoms with E-state index in [2.05, 4.69) is 5.10 Å². The molecule has 0 atom stereocenters. The molecule has 1 N–H and O–H groups in total. The van der Waals surface area contributed by atoms with E-state index in [0.29, 0.717) is 32.9 Å². The number of thiophene rings is 1. The van der Waals surface area contributed by atoms with Crippen molar-refractivity contribution >= 4 is 44.8 Å². The molecule has 7 nitrogen and oxygen atoms in total. The average molecular weight is 495 g/mol. The smallest absolute Gasteiger partial charge is 0.252 e. The Morgan fingerprint density at radius 2 is 1.97 bits per heavy atom. The molecule has 1 amide bonds. The van der Waals surface area contributed by atoms with Crippen LogP contribution in [0.1, 0.15) is 10.4 Å². The number of carbonyl (C=O) groups excluding carboxylic acids is 1. The van der Waals surface area contributed by atoms with Crippen LogP contribution < -0.4 is 9.47 Å². The second-order valence-electron chi connectivity index (χ2n) is 7.47. The maximum absolute atomic E-state index is 12.7. The van der Waals surface area contributed by atoms with Gasteiger partial charge in [-0.1, -0.05) is 35.9 Å². The zero-order chi connectivity index (χ0) is 23.7. The second kappa shape index (κ2) is 9.24. The summed E-state index contributed by atoms with van der Waals surface area (Å²) in [5.41, 5.74) is 0.689. The molecule has 1 aliphatic heterocycles. The molecule has 0 fully saturated rings. The van der Waals surface area contributed by atoms with Gasteiger partial charge >= 0.3 is 0 Å². The highest BCUT2D eigenvalue weighted by Gasteiger charge is 2.27. The topological polar surface area (TPSA) is 80.6 Å². The van der Waals surface area contributed by atoms with Crippen LogP contribution in [0.5, 0.6) is 23.0 Å². The van der Waals surface area contributed by atoms with Crippen LogP contribution in [0.4, 0.5) is 0 Å². The molecule has 3 aromatic carbocycles. The first-order valence-electron chi connectivity index (χ1n) is 10.3. The predicted molar refractivity (Wildman–Crippen MR) is 131 cm³/mol. The standard InChI is InChI=1S/C25H19ClN2O5S/c1-31-20-11-15(7-9-19(20)29)12-22(30)28-14-32-25(27-28)24-23(26)18-13-17(8-10-21(18)34-24)33-16-5-3-2-4-6-16/h2-11,13,29H,12,14H2,1H3. The van der Waals surface area contributed by atoms with Crippen molar-refractivity contribution in [1.82, 2.24) is 5.01 Å². The maximum Gasteiger partial charge on any atom is 0.252 e. The van der Waals surface area contributed by atoms with Crippen LogP contribution in [0.3, 0.4) is 0 Å². The Labute approximate surface area is 204 Å². The van der Waals surface area contributed by atoms with Crippen molar-refractivity contribution < 1.29 is 24.1 Å². The number of amides is 1. The molecule has 5 rings (SSSR count). The second-order valence-corrected chi connectivity index (χ2v) is 8.90. The molecule has 1 aromatic heterocycles. The van der Waals surface area contributed by atoms with E-state index in [4.69, 9.17) is 25.8 Å². The summed E-state index contributed by atoms with van der Waals surface area (Å²) >= 11 is 8.11. The number of benzene rings is 3. The van der Waals surface area contributed by atoms with E-state index in [9.17, 15) is 9.90 Å². The van der Waals surface area contributed by atoms with Crippen molar-refractivity contribution in [3.63, 3.8) is 0 Å². The van der Waals surface area contributed by atoms with Crippen LogP contribution in [-0.4, -0.2) is 35.8 Å². The van der Waals surface area contributed by atoms with Crippen LogP contribution in [0.25, 0.3) is 10.1 Å². The molecule has 34 heavy (non-hydrogen) atoms. The zero-order valence-corrected chi connectivity index (χ0v) is 19.6. The van der Waals surface area contributed by atoms with Crippen molar-refractivity contribution in [1.29, 1.82) is 0 Å². The molecule has 0 bridgehead atoms. The third-order valence-corrected chi connectivity index (χ3v) is 6.86. The molecule has 0 unspecified atom stereocenters. The van der Waals surface area contributed by atoms with Gasteiger partial charge in [0.1, 0.15) is 16.4 Å². The number of methoxy groups -OCH3 is 1. The number of carbonyl (C=O) groups is 1. The first-order chi connectivity index (χ1) is 16.5. The van der Waals surface area contributed by atoms with E-state index >= 15 is 0 Å². The van der Waals surface area contributed by atoms with Gasteiger partial charge in [0.25, 0.3) is 5.90 Å². The van der Waals surface area contributed by atoms with Gasteiger partial charge in [0.2, 0.25) is 5.91 Å². The van der Waals surface area contributed by atoms with Crippen molar-refractivity contribution in [2.45, 2.75) is 6.42 Å². The predicted octanol–water partition coefficient (Wildman–Crippen LogP) is 5.78. The highest BCUT2D eigenvalue weighted by molar-refractivity contribution is 7.21. The number of aromatic hydroxyl groups is 1. The fraction of sp³-hybridized carbons (Fsp3) is 0.120. The van der Waals surface area contributed by atoms with Crippen molar-refractivity contribution in [3.8, 4) is 23.0 Å². The molecule has 1 aliphatic rings. The number of hydrogen-bond acceptors (Lipinski definition) is 7. The molecule has 0 radical (unpaired) electrons. The molecule has 2 heterocycles. The highest BCUT2D eigenvalue weighted by atomic mass is 35.5. The molecule has 4 aromatic rings. The van der Waals surface area contributed by atoms with Gasteiger partial charge in [-0.25, -0.2) is 0 Å². The van der Waals surface area contributed by atoms with E-state index < -0.39 is 0 Å². The van der Waals surface area contributed by atoms with Gasteiger partial charge in [-0.2, -0.15) is 5.01 Å². The number of nitrogens with zero attached hydrogens (tertiary/aromatic N) is 2. The summed E-state index contributed by atoms with van der Waals surface area (Å²) in [5.74, 6) is 1.77. The summed E-state index contributed by atoms with van der Waals surface area (Å²) in [6.07, 6.45) is 0.0805. The first-order valence-corrected chi connectivity index (χ1v) is 11.5.